The van der Waals surface area contributed by atoms with Crippen LogP contribution in [0.3, 0.4) is 0 Å². The summed E-state index contributed by atoms with van der Waals surface area (Å²) in [5.74, 6) is 0.454. The lowest BCUT2D eigenvalue weighted by Crippen LogP contribution is -2.50. The number of fused-ring (bicyclic) bond motifs is 5. The molecule has 0 aromatic heterocycles. The Labute approximate surface area is 136 Å². The second-order valence-corrected chi connectivity index (χ2v) is 7.80. The molecule has 0 amide bonds. The molecule has 2 heteroatoms. The lowest BCUT2D eigenvalue weighted by molar-refractivity contribution is -0.132. The number of Topliss-reactive ketones (excluding diaryl/α,β-unsaturated/α-hetero) is 1. The Morgan fingerprint density at radius 1 is 1.33 bits per heavy atom. The number of carbonyl (C=O) groups excluding carboxylic acids is 1. The minimum absolute atomic E-state index is 0.0353. The molecule has 3 saturated carbocycles. The molecule has 21 heavy (non-hydrogen) atoms. The molecule has 4 aliphatic rings. The van der Waals surface area contributed by atoms with Gasteiger partial charge in [0.25, 0.3) is 0 Å². The summed E-state index contributed by atoms with van der Waals surface area (Å²) in [6, 6.07) is 0.0912. The van der Waals surface area contributed by atoms with Crippen LogP contribution in [0.25, 0.3) is 0 Å². The highest BCUT2D eigenvalue weighted by Gasteiger charge is 2.58. The van der Waals surface area contributed by atoms with Gasteiger partial charge in [-0.05, 0) is 68.0 Å². The maximum Gasteiger partial charge on any atom is 0.139 e. The van der Waals surface area contributed by atoms with E-state index in [1.165, 1.54) is 0 Å². The van der Waals surface area contributed by atoms with Gasteiger partial charge in [-0.2, -0.15) is 0 Å². The van der Waals surface area contributed by atoms with Crippen molar-refractivity contribution in [1.82, 2.24) is 0 Å². The van der Waals surface area contributed by atoms with E-state index in [-0.39, 0.29) is 47.0 Å². The van der Waals surface area contributed by atoms with Gasteiger partial charge >= 0.3 is 0 Å². The quantitative estimate of drug-likeness (QED) is 0.688. The van der Waals surface area contributed by atoms with Crippen molar-refractivity contribution in [2.24, 2.45) is 28.6 Å². The average molecular weight is 294 g/mol. The second-order valence-electron chi connectivity index (χ2n) is 7.80. The van der Waals surface area contributed by atoms with Crippen molar-refractivity contribution in [3.63, 3.8) is 0 Å². The van der Waals surface area contributed by atoms with Crippen LogP contribution in [0.2, 0.25) is 0 Å². The predicted octanol–water partition coefficient (Wildman–Crippen LogP) is 3.88. The third kappa shape index (κ3) is 1.78. The van der Waals surface area contributed by atoms with Gasteiger partial charge in [0.05, 0.1) is 8.82 Å². The molecule has 116 valence electrons. The monoisotopic (exact) mass is 294 g/mol. The van der Waals surface area contributed by atoms with Gasteiger partial charge in [-0.25, -0.2) is 0 Å². The van der Waals surface area contributed by atoms with Gasteiger partial charge in [0, 0.05) is 17.3 Å². The minimum atomic E-state index is -2.93. The van der Waals surface area contributed by atoms with Gasteiger partial charge in [0.2, 0.25) is 0 Å². The fourth-order valence-corrected chi connectivity index (χ4v) is 5.58. The molecule has 2 nitrogen and oxygen atoms in total. The lowest BCUT2D eigenvalue weighted by atomic mass is 9.48. The maximum absolute atomic E-state index is 12.5. The SMILES string of the molecule is [2H]C1=C2C([2H])([2H])[C@@]([2H])(O)C([2H])([2H])C[C@]2(C)[C@H]2CC[C@]3(C)C(=O)CC[C@H]3[C@@H]2C1. The molecule has 4 aliphatic carbocycles. The number of carbonyl (C=O) groups is 1. The molecular formula is C19H28O2. The third-order valence-electron chi connectivity index (χ3n) is 6.92. The van der Waals surface area contributed by atoms with Gasteiger partial charge in [0.15, 0.2) is 0 Å². The Bertz CT molecular complexity index is 744. The van der Waals surface area contributed by atoms with E-state index in [9.17, 15) is 9.90 Å². The zero-order chi connectivity index (χ0) is 20.2. The molecule has 0 spiro atoms. The minimum Gasteiger partial charge on any atom is -0.393 e. The second kappa shape index (κ2) is 4.44. The summed E-state index contributed by atoms with van der Waals surface area (Å²) in [4.78, 5) is 12.5. The number of rotatable bonds is 0. The molecule has 0 heterocycles. The topological polar surface area (TPSA) is 37.3 Å². The summed E-state index contributed by atoms with van der Waals surface area (Å²) in [6.07, 6.45) is -5.06. The largest absolute Gasteiger partial charge is 0.393 e. The number of ketones is 1. The molecule has 0 radical (unpaired) electrons. The average Bonchev–Trinajstić information content (AvgIpc) is 2.80. The van der Waals surface area contributed by atoms with Crippen molar-refractivity contribution in [1.29, 1.82) is 0 Å². The van der Waals surface area contributed by atoms with Crippen molar-refractivity contribution in [2.45, 2.75) is 71.2 Å². The molecule has 0 unspecified atom stereocenters. The highest BCUT2D eigenvalue weighted by Crippen LogP contribution is 2.63. The normalized spacial score (nSPS) is 65.7. The molecule has 0 saturated heterocycles. The highest BCUT2D eigenvalue weighted by molar-refractivity contribution is 5.87. The first-order chi connectivity index (χ1) is 12.2. The molecule has 1 N–H and O–H groups in total. The molecule has 4 rings (SSSR count). The Morgan fingerprint density at radius 2 is 2.10 bits per heavy atom. The molecule has 3 fully saturated rings. The summed E-state index contributed by atoms with van der Waals surface area (Å²) in [6.45, 7) is 3.84. The van der Waals surface area contributed by atoms with E-state index < -0.39 is 24.2 Å². The van der Waals surface area contributed by atoms with Gasteiger partial charge in [-0.15, -0.1) is 0 Å². The summed E-state index contributed by atoms with van der Waals surface area (Å²) >= 11 is 0. The fourth-order valence-electron chi connectivity index (χ4n) is 5.58. The van der Waals surface area contributed by atoms with Gasteiger partial charge < -0.3 is 5.11 Å². The lowest BCUT2D eigenvalue weighted by Gasteiger charge is -2.56. The Hall–Kier alpha value is -0.630. The zero-order valence-corrected chi connectivity index (χ0v) is 12.8. The van der Waals surface area contributed by atoms with Crippen molar-refractivity contribution in [2.75, 3.05) is 0 Å². The van der Waals surface area contributed by atoms with Crippen molar-refractivity contribution in [3.8, 4) is 0 Å². The van der Waals surface area contributed by atoms with Crippen LogP contribution >= 0.6 is 0 Å². The number of aliphatic hydroxyl groups is 1. The van der Waals surface area contributed by atoms with E-state index in [1.54, 1.807) is 0 Å². The summed E-state index contributed by atoms with van der Waals surface area (Å²) in [7, 11) is 0. The summed E-state index contributed by atoms with van der Waals surface area (Å²) < 4.78 is 50.1. The van der Waals surface area contributed by atoms with E-state index >= 15 is 0 Å². The van der Waals surface area contributed by atoms with Crippen LogP contribution in [-0.2, 0) is 4.79 Å². The molecule has 0 aromatic rings. The van der Waals surface area contributed by atoms with Crippen LogP contribution < -0.4 is 0 Å². The first kappa shape index (κ1) is 8.86. The molecule has 0 bridgehead atoms. The van der Waals surface area contributed by atoms with E-state index in [4.69, 9.17) is 8.22 Å². The van der Waals surface area contributed by atoms with E-state index in [0.29, 0.717) is 25.7 Å². The fraction of sp³-hybridized carbons (Fsp3) is 0.842. The van der Waals surface area contributed by atoms with Crippen LogP contribution in [0.4, 0.5) is 0 Å². The van der Waals surface area contributed by atoms with Crippen molar-refractivity contribution >= 4 is 5.78 Å². The van der Waals surface area contributed by atoms with Crippen LogP contribution in [0.15, 0.2) is 11.6 Å². The van der Waals surface area contributed by atoms with E-state index in [0.717, 1.165) is 6.42 Å². The maximum atomic E-state index is 12.5. The molecule has 0 aliphatic heterocycles. The van der Waals surface area contributed by atoms with Gasteiger partial charge in [-0.3, -0.25) is 4.79 Å². The van der Waals surface area contributed by atoms with Crippen LogP contribution in [0.5, 0.6) is 0 Å². The number of allylic oxidation sites excluding steroid dienone is 1. The molecular weight excluding hydrogens is 260 g/mol. The number of hydrogen-bond acceptors (Lipinski definition) is 2. The van der Waals surface area contributed by atoms with Crippen molar-refractivity contribution in [3.05, 3.63) is 11.6 Å². The standard InChI is InChI=1S/C19H28O2/c1-18-9-7-13(20)11-12(18)3-4-14-15-5-6-17(21)19(15,2)10-8-16(14)18/h3,13-16,20H,4-11H2,1-2H3/t13-,14-,15-,16-,18-,19-/m0/s1/i3D,7D2,11D2,13D. The molecule has 0 aromatic carbocycles. The molecule has 6 atom stereocenters. The first-order valence-corrected chi connectivity index (χ1v) is 8.16. The first-order valence-electron chi connectivity index (χ1n) is 11.2. The summed E-state index contributed by atoms with van der Waals surface area (Å²) in [5.41, 5.74) is -1.19. The van der Waals surface area contributed by atoms with Crippen LogP contribution in [-0.4, -0.2) is 17.0 Å². The van der Waals surface area contributed by atoms with Crippen molar-refractivity contribution < 1.29 is 18.1 Å². The Morgan fingerprint density at radius 3 is 2.90 bits per heavy atom. The summed E-state index contributed by atoms with van der Waals surface area (Å²) in [5, 5.41) is 10.5. The van der Waals surface area contributed by atoms with E-state index in [2.05, 4.69) is 0 Å². The predicted molar refractivity (Wildman–Crippen MR) is 82.7 cm³/mol. The third-order valence-corrected chi connectivity index (χ3v) is 6.92. The highest BCUT2D eigenvalue weighted by atomic mass is 16.3. The van der Waals surface area contributed by atoms with Crippen LogP contribution in [0.1, 0.15) is 73.3 Å². The van der Waals surface area contributed by atoms with E-state index in [1.807, 2.05) is 13.8 Å². The van der Waals surface area contributed by atoms with Crippen LogP contribution in [0, 0.1) is 28.6 Å². The smallest absolute Gasteiger partial charge is 0.139 e. The van der Waals surface area contributed by atoms with Gasteiger partial charge in [0.1, 0.15) is 5.78 Å². The van der Waals surface area contributed by atoms with Gasteiger partial charge in [-0.1, -0.05) is 25.5 Å². The Kier molecular flexibility index (Phi) is 1.87. The zero-order valence-electron chi connectivity index (χ0n) is 18.8. The number of hydrogen-bond donors (Lipinski definition) is 1. The Balaban J connectivity index is 1.87.